The van der Waals surface area contributed by atoms with E-state index in [9.17, 15) is 4.79 Å². The number of carbonyl (C=O) groups is 1. The summed E-state index contributed by atoms with van der Waals surface area (Å²) in [5.74, 6) is 0.808. The molecule has 0 saturated carbocycles. The van der Waals surface area contributed by atoms with Crippen molar-refractivity contribution < 1.29 is 9.63 Å². The summed E-state index contributed by atoms with van der Waals surface area (Å²) in [4.78, 5) is 24.2. The van der Waals surface area contributed by atoms with Gasteiger partial charge in [-0.2, -0.15) is 0 Å². The number of amides is 1. The van der Waals surface area contributed by atoms with Gasteiger partial charge in [0.25, 0.3) is 5.91 Å². The molecule has 1 atom stereocenters. The van der Waals surface area contributed by atoms with Gasteiger partial charge in [0.2, 0.25) is 6.10 Å². The zero-order valence-electron chi connectivity index (χ0n) is 16.5. The highest BCUT2D eigenvalue weighted by molar-refractivity contribution is 6.31. The standard InChI is InChI=1S/C21H26ClN5O2/c1-15(21(28)25-13-16-7-3-4-8-18(16)22)29-26-20(23)17-9-10-19(24-14-17)27-11-5-2-6-12-27/h3-4,7-10,14-15H,2,5-6,11-13H2,1H3,(H2,23,26)(H,25,28). The minimum absolute atomic E-state index is 0.174. The van der Waals surface area contributed by atoms with Gasteiger partial charge in [-0.05, 0) is 49.9 Å². The number of nitrogens with zero attached hydrogens (tertiary/aromatic N) is 3. The lowest BCUT2D eigenvalue weighted by atomic mass is 10.1. The molecule has 154 valence electrons. The van der Waals surface area contributed by atoms with Crippen molar-refractivity contribution in [3.63, 3.8) is 0 Å². The zero-order chi connectivity index (χ0) is 20.6. The molecule has 0 radical (unpaired) electrons. The van der Waals surface area contributed by atoms with Crippen LogP contribution >= 0.6 is 11.6 Å². The molecule has 1 aromatic heterocycles. The Morgan fingerprint density at radius 3 is 2.72 bits per heavy atom. The van der Waals surface area contributed by atoms with Gasteiger partial charge in [-0.25, -0.2) is 4.98 Å². The van der Waals surface area contributed by atoms with E-state index in [4.69, 9.17) is 22.2 Å². The molecule has 8 heteroatoms. The van der Waals surface area contributed by atoms with Crippen LogP contribution in [0.25, 0.3) is 0 Å². The van der Waals surface area contributed by atoms with Crippen molar-refractivity contribution >= 4 is 29.2 Å². The van der Waals surface area contributed by atoms with Crippen molar-refractivity contribution in [3.8, 4) is 0 Å². The molecule has 0 spiro atoms. The molecule has 1 fully saturated rings. The molecule has 7 nitrogen and oxygen atoms in total. The summed E-state index contributed by atoms with van der Waals surface area (Å²) in [5.41, 5.74) is 7.46. The number of carbonyl (C=O) groups excluding carboxylic acids is 1. The van der Waals surface area contributed by atoms with Crippen molar-refractivity contribution in [1.82, 2.24) is 10.3 Å². The molecule has 2 heterocycles. The van der Waals surface area contributed by atoms with Crippen LogP contribution in [0.3, 0.4) is 0 Å². The first kappa shape index (κ1) is 20.9. The van der Waals surface area contributed by atoms with E-state index in [1.165, 1.54) is 19.3 Å². The van der Waals surface area contributed by atoms with Crippen molar-refractivity contribution in [2.24, 2.45) is 10.9 Å². The Morgan fingerprint density at radius 1 is 1.28 bits per heavy atom. The van der Waals surface area contributed by atoms with Crippen LogP contribution in [-0.4, -0.2) is 35.9 Å². The van der Waals surface area contributed by atoms with Crippen LogP contribution in [0, 0.1) is 0 Å². The monoisotopic (exact) mass is 415 g/mol. The minimum atomic E-state index is -0.795. The number of oxime groups is 1. The average Bonchev–Trinajstić information content (AvgIpc) is 2.77. The predicted molar refractivity (Wildman–Crippen MR) is 115 cm³/mol. The van der Waals surface area contributed by atoms with Gasteiger partial charge in [0, 0.05) is 36.4 Å². The van der Waals surface area contributed by atoms with Crippen LogP contribution in [-0.2, 0) is 16.2 Å². The molecule has 3 N–H and O–H groups in total. The molecule has 1 amide bonds. The van der Waals surface area contributed by atoms with Gasteiger partial charge >= 0.3 is 0 Å². The maximum atomic E-state index is 12.2. The van der Waals surface area contributed by atoms with Gasteiger partial charge in [0.05, 0.1) is 0 Å². The van der Waals surface area contributed by atoms with Crippen LogP contribution in [0.15, 0.2) is 47.8 Å². The van der Waals surface area contributed by atoms with Crippen LogP contribution in [0.2, 0.25) is 5.02 Å². The molecule has 0 aliphatic carbocycles. The number of hydrogen-bond acceptors (Lipinski definition) is 5. The van der Waals surface area contributed by atoms with E-state index >= 15 is 0 Å². The molecule has 1 saturated heterocycles. The number of hydrogen-bond donors (Lipinski definition) is 2. The van der Waals surface area contributed by atoms with Crippen LogP contribution in [0.4, 0.5) is 5.82 Å². The zero-order valence-corrected chi connectivity index (χ0v) is 17.2. The summed E-state index contributed by atoms with van der Waals surface area (Å²) in [6, 6.07) is 11.1. The molecule has 2 aromatic rings. The number of anilines is 1. The molecule has 1 unspecified atom stereocenters. The summed E-state index contributed by atoms with van der Waals surface area (Å²) < 4.78 is 0. The number of amidine groups is 1. The lowest BCUT2D eigenvalue weighted by Crippen LogP contribution is -2.33. The van der Waals surface area contributed by atoms with E-state index in [1.807, 2.05) is 30.3 Å². The van der Waals surface area contributed by atoms with Crippen molar-refractivity contribution in [2.45, 2.75) is 38.8 Å². The molecule has 1 aliphatic rings. The van der Waals surface area contributed by atoms with Crippen molar-refractivity contribution in [2.75, 3.05) is 18.0 Å². The van der Waals surface area contributed by atoms with Gasteiger partial charge < -0.3 is 20.8 Å². The fourth-order valence-electron chi connectivity index (χ4n) is 3.05. The summed E-state index contributed by atoms with van der Waals surface area (Å²) >= 11 is 6.09. The maximum absolute atomic E-state index is 12.2. The van der Waals surface area contributed by atoms with E-state index in [2.05, 4.69) is 20.4 Å². The van der Waals surface area contributed by atoms with Gasteiger partial charge in [0.1, 0.15) is 5.82 Å². The van der Waals surface area contributed by atoms with Crippen LogP contribution in [0.1, 0.15) is 37.3 Å². The van der Waals surface area contributed by atoms with Crippen LogP contribution in [0.5, 0.6) is 0 Å². The third kappa shape index (κ3) is 5.84. The quantitative estimate of drug-likeness (QED) is 0.412. The normalized spacial score (nSPS) is 15.7. The Balaban J connectivity index is 1.51. The number of nitrogens with two attached hydrogens (primary N) is 1. The van der Waals surface area contributed by atoms with Gasteiger partial charge in [-0.3, -0.25) is 4.79 Å². The van der Waals surface area contributed by atoms with E-state index < -0.39 is 6.10 Å². The molecule has 29 heavy (non-hydrogen) atoms. The predicted octanol–water partition coefficient (Wildman–Crippen LogP) is 3.07. The van der Waals surface area contributed by atoms with E-state index in [-0.39, 0.29) is 11.7 Å². The fraction of sp³-hybridized carbons (Fsp3) is 0.381. The Bertz CT molecular complexity index is 850. The number of piperidine rings is 1. The lowest BCUT2D eigenvalue weighted by molar-refractivity contribution is -0.131. The summed E-state index contributed by atoms with van der Waals surface area (Å²) in [6.07, 6.45) is 4.54. The molecule has 0 bridgehead atoms. The number of halogens is 1. The Kier molecular flexibility index (Phi) is 7.30. The highest BCUT2D eigenvalue weighted by Gasteiger charge is 2.15. The number of rotatable bonds is 7. The van der Waals surface area contributed by atoms with E-state index in [1.54, 1.807) is 19.2 Å². The summed E-state index contributed by atoms with van der Waals surface area (Å²) in [6.45, 7) is 3.98. The van der Waals surface area contributed by atoms with Crippen molar-refractivity contribution in [3.05, 3.63) is 58.7 Å². The van der Waals surface area contributed by atoms with Gasteiger partial charge in [-0.15, -0.1) is 0 Å². The molecular formula is C21H26ClN5O2. The molecule has 1 aromatic carbocycles. The number of nitrogens with one attached hydrogen (secondary N) is 1. The highest BCUT2D eigenvalue weighted by Crippen LogP contribution is 2.17. The van der Waals surface area contributed by atoms with Crippen molar-refractivity contribution in [1.29, 1.82) is 0 Å². The number of pyridine rings is 1. The highest BCUT2D eigenvalue weighted by atomic mass is 35.5. The Hall–Kier alpha value is -2.80. The summed E-state index contributed by atoms with van der Waals surface area (Å²) in [7, 11) is 0. The second kappa shape index (κ2) is 10.1. The minimum Gasteiger partial charge on any atom is -0.381 e. The molecule has 3 rings (SSSR count). The topological polar surface area (TPSA) is 92.8 Å². The Labute approximate surface area is 175 Å². The first-order valence-electron chi connectivity index (χ1n) is 9.76. The number of aromatic nitrogens is 1. The molecular weight excluding hydrogens is 390 g/mol. The maximum Gasteiger partial charge on any atom is 0.263 e. The smallest absolute Gasteiger partial charge is 0.263 e. The lowest BCUT2D eigenvalue weighted by Gasteiger charge is -2.27. The van der Waals surface area contributed by atoms with Crippen LogP contribution < -0.4 is 16.0 Å². The second-order valence-corrected chi connectivity index (χ2v) is 7.39. The second-order valence-electron chi connectivity index (χ2n) is 6.99. The summed E-state index contributed by atoms with van der Waals surface area (Å²) in [5, 5.41) is 7.26. The number of benzene rings is 1. The first-order chi connectivity index (χ1) is 14.0. The Morgan fingerprint density at radius 2 is 2.03 bits per heavy atom. The third-order valence-electron chi connectivity index (χ3n) is 4.81. The van der Waals surface area contributed by atoms with E-state index in [0.717, 1.165) is 24.5 Å². The van der Waals surface area contributed by atoms with Gasteiger partial charge in [0.15, 0.2) is 5.84 Å². The van der Waals surface area contributed by atoms with Gasteiger partial charge in [-0.1, -0.05) is 35.0 Å². The molecule has 1 aliphatic heterocycles. The average molecular weight is 416 g/mol. The largest absolute Gasteiger partial charge is 0.381 e. The third-order valence-corrected chi connectivity index (χ3v) is 5.18. The first-order valence-corrected chi connectivity index (χ1v) is 10.1. The fourth-order valence-corrected chi connectivity index (χ4v) is 3.25. The van der Waals surface area contributed by atoms with E-state index in [0.29, 0.717) is 17.1 Å². The SMILES string of the molecule is CC(ON=C(N)c1ccc(N2CCCCC2)nc1)C(=O)NCc1ccccc1Cl.